The van der Waals surface area contributed by atoms with Crippen LogP contribution in [0.25, 0.3) is 17.0 Å². The van der Waals surface area contributed by atoms with Gasteiger partial charge in [0.25, 0.3) is 0 Å². The van der Waals surface area contributed by atoms with Gasteiger partial charge in [-0.3, -0.25) is 9.89 Å². The molecule has 3 aromatic rings. The number of nitrogens with zero attached hydrogens (tertiary/aromatic N) is 1. The van der Waals surface area contributed by atoms with Crippen molar-refractivity contribution < 1.29 is 4.79 Å². The summed E-state index contributed by atoms with van der Waals surface area (Å²) in [6.45, 7) is 0.519. The van der Waals surface area contributed by atoms with Crippen LogP contribution in [-0.2, 0) is 11.3 Å². The molecule has 0 bridgehead atoms. The van der Waals surface area contributed by atoms with Crippen LogP contribution in [0.5, 0.6) is 0 Å². The average Bonchev–Trinajstić information content (AvgIpc) is 2.95. The van der Waals surface area contributed by atoms with Gasteiger partial charge in [0, 0.05) is 18.0 Å². The van der Waals surface area contributed by atoms with E-state index in [0.29, 0.717) is 6.54 Å². The Morgan fingerprint density at radius 3 is 2.71 bits per heavy atom. The maximum absolute atomic E-state index is 11.8. The minimum Gasteiger partial charge on any atom is -0.348 e. The standard InChI is InChI=1S/C17H15N3O/c21-17(18-12-13-6-2-1-3-7-13)11-10-16-14-8-4-5-9-15(14)19-20-16/h1-11H,12H2,(H,18,21)(H,19,20). The van der Waals surface area contributed by atoms with Crippen molar-refractivity contribution in [3.05, 3.63) is 71.9 Å². The molecule has 2 aromatic carbocycles. The Morgan fingerprint density at radius 1 is 1.10 bits per heavy atom. The molecule has 0 aliphatic rings. The van der Waals surface area contributed by atoms with Crippen LogP contribution in [0.15, 0.2) is 60.7 Å². The van der Waals surface area contributed by atoms with Gasteiger partial charge < -0.3 is 5.32 Å². The molecule has 0 atom stereocenters. The van der Waals surface area contributed by atoms with E-state index in [1.54, 1.807) is 6.08 Å². The molecule has 0 saturated carbocycles. The molecule has 0 aliphatic heterocycles. The summed E-state index contributed by atoms with van der Waals surface area (Å²) in [5.41, 5.74) is 2.80. The van der Waals surface area contributed by atoms with Crippen molar-refractivity contribution in [2.45, 2.75) is 6.54 Å². The summed E-state index contributed by atoms with van der Waals surface area (Å²) < 4.78 is 0. The van der Waals surface area contributed by atoms with Crippen LogP contribution in [-0.4, -0.2) is 16.1 Å². The molecule has 104 valence electrons. The van der Waals surface area contributed by atoms with E-state index in [1.807, 2.05) is 54.6 Å². The van der Waals surface area contributed by atoms with Crippen molar-refractivity contribution in [3.63, 3.8) is 0 Å². The molecule has 0 radical (unpaired) electrons. The fraction of sp³-hybridized carbons (Fsp3) is 0.0588. The fourth-order valence-corrected chi connectivity index (χ4v) is 2.11. The van der Waals surface area contributed by atoms with Gasteiger partial charge in [-0.05, 0) is 17.7 Å². The summed E-state index contributed by atoms with van der Waals surface area (Å²) in [4.78, 5) is 11.8. The van der Waals surface area contributed by atoms with Gasteiger partial charge in [0.2, 0.25) is 5.91 Å². The van der Waals surface area contributed by atoms with Crippen molar-refractivity contribution in [1.82, 2.24) is 15.5 Å². The second-order valence-electron chi connectivity index (χ2n) is 4.69. The van der Waals surface area contributed by atoms with Gasteiger partial charge in [-0.2, -0.15) is 5.10 Å². The van der Waals surface area contributed by atoms with Gasteiger partial charge in [0.1, 0.15) is 0 Å². The molecule has 0 spiro atoms. The molecule has 0 aliphatic carbocycles. The van der Waals surface area contributed by atoms with Gasteiger partial charge in [-0.25, -0.2) is 0 Å². The van der Waals surface area contributed by atoms with Crippen LogP contribution in [0.3, 0.4) is 0 Å². The number of H-pyrrole nitrogens is 1. The number of rotatable bonds is 4. The van der Waals surface area contributed by atoms with Crippen molar-refractivity contribution >= 4 is 22.9 Å². The van der Waals surface area contributed by atoms with Crippen LogP contribution < -0.4 is 5.32 Å². The number of aromatic nitrogens is 2. The number of para-hydroxylation sites is 1. The highest BCUT2D eigenvalue weighted by Crippen LogP contribution is 2.15. The number of benzene rings is 2. The number of hydrogen-bond acceptors (Lipinski definition) is 2. The first kappa shape index (κ1) is 13.1. The first-order valence-electron chi connectivity index (χ1n) is 6.76. The molecule has 1 aromatic heterocycles. The van der Waals surface area contributed by atoms with Gasteiger partial charge in [-0.15, -0.1) is 0 Å². The van der Waals surface area contributed by atoms with E-state index in [2.05, 4.69) is 15.5 Å². The molecule has 1 heterocycles. The lowest BCUT2D eigenvalue weighted by Crippen LogP contribution is -2.20. The number of amides is 1. The Balaban J connectivity index is 1.64. The Kier molecular flexibility index (Phi) is 3.78. The fourth-order valence-electron chi connectivity index (χ4n) is 2.11. The van der Waals surface area contributed by atoms with Crippen molar-refractivity contribution in [3.8, 4) is 0 Å². The van der Waals surface area contributed by atoms with Crippen LogP contribution >= 0.6 is 0 Å². The van der Waals surface area contributed by atoms with E-state index >= 15 is 0 Å². The van der Waals surface area contributed by atoms with E-state index in [-0.39, 0.29) is 5.91 Å². The summed E-state index contributed by atoms with van der Waals surface area (Å²) in [5.74, 6) is -0.133. The number of carbonyl (C=O) groups excluding carboxylic acids is 1. The molecule has 1 amide bonds. The normalized spacial score (nSPS) is 11.0. The van der Waals surface area contributed by atoms with Gasteiger partial charge in [0.05, 0.1) is 11.2 Å². The minimum atomic E-state index is -0.133. The number of hydrogen-bond donors (Lipinski definition) is 2. The zero-order chi connectivity index (χ0) is 14.5. The first-order chi connectivity index (χ1) is 10.3. The molecule has 4 heteroatoms. The molecule has 0 unspecified atom stereocenters. The predicted molar refractivity (Wildman–Crippen MR) is 83.4 cm³/mol. The van der Waals surface area contributed by atoms with Crippen LogP contribution in [0.1, 0.15) is 11.3 Å². The summed E-state index contributed by atoms with van der Waals surface area (Å²) >= 11 is 0. The van der Waals surface area contributed by atoms with Crippen LogP contribution in [0.2, 0.25) is 0 Å². The third kappa shape index (κ3) is 3.17. The maximum Gasteiger partial charge on any atom is 0.244 e. The SMILES string of the molecule is O=C(C=Cc1n[nH]c2ccccc12)NCc1ccccc1. The van der Waals surface area contributed by atoms with E-state index < -0.39 is 0 Å². The molecule has 4 nitrogen and oxygen atoms in total. The zero-order valence-corrected chi connectivity index (χ0v) is 11.4. The molecule has 21 heavy (non-hydrogen) atoms. The third-order valence-corrected chi connectivity index (χ3v) is 3.20. The zero-order valence-electron chi connectivity index (χ0n) is 11.4. The second kappa shape index (κ2) is 6.05. The summed E-state index contributed by atoms with van der Waals surface area (Å²) in [6, 6.07) is 17.6. The molecular weight excluding hydrogens is 262 g/mol. The Labute approximate surface area is 122 Å². The minimum absolute atomic E-state index is 0.133. The first-order valence-corrected chi connectivity index (χ1v) is 6.76. The summed E-state index contributed by atoms with van der Waals surface area (Å²) in [7, 11) is 0. The number of aromatic amines is 1. The highest BCUT2D eigenvalue weighted by Gasteiger charge is 2.02. The van der Waals surface area contributed by atoms with E-state index in [4.69, 9.17) is 0 Å². The largest absolute Gasteiger partial charge is 0.348 e. The van der Waals surface area contributed by atoms with Gasteiger partial charge >= 0.3 is 0 Å². The number of nitrogens with one attached hydrogen (secondary N) is 2. The van der Waals surface area contributed by atoms with Crippen LogP contribution in [0, 0.1) is 0 Å². The molecular formula is C17H15N3O. The lowest BCUT2D eigenvalue weighted by atomic mass is 10.2. The molecule has 3 rings (SSSR count). The Bertz CT molecular complexity index is 775. The molecule has 0 saturated heterocycles. The van der Waals surface area contributed by atoms with Crippen molar-refractivity contribution in [2.24, 2.45) is 0 Å². The van der Waals surface area contributed by atoms with Crippen molar-refractivity contribution in [2.75, 3.05) is 0 Å². The quantitative estimate of drug-likeness (QED) is 0.720. The monoisotopic (exact) mass is 277 g/mol. The third-order valence-electron chi connectivity index (χ3n) is 3.20. The number of fused-ring (bicyclic) bond motifs is 1. The van der Waals surface area contributed by atoms with E-state index in [9.17, 15) is 4.79 Å². The van der Waals surface area contributed by atoms with E-state index in [1.165, 1.54) is 6.08 Å². The lowest BCUT2D eigenvalue weighted by Gasteiger charge is -2.01. The predicted octanol–water partition coefficient (Wildman–Crippen LogP) is 2.89. The summed E-state index contributed by atoms with van der Waals surface area (Å²) in [5, 5.41) is 11.0. The molecule has 2 N–H and O–H groups in total. The number of carbonyl (C=O) groups is 1. The lowest BCUT2D eigenvalue weighted by molar-refractivity contribution is -0.116. The maximum atomic E-state index is 11.8. The molecule has 0 fully saturated rings. The smallest absolute Gasteiger partial charge is 0.244 e. The van der Waals surface area contributed by atoms with Gasteiger partial charge in [-0.1, -0.05) is 48.5 Å². The van der Waals surface area contributed by atoms with Gasteiger partial charge in [0.15, 0.2) is 0 Å². The average molecular weight is 277 g/mol. The highest BCUT2D eigenvalue weighted by molar-refractivity contribution is 5.95. The summed E-state index contributed by atoms with van der Waals surface area (Å²) in [6.07, 6.45) is 3.23. The Hall–Kier alpha value is -2.88. The highest BCUT2D eigenvalue weighted by atomic mass is 16.1. The topological polar surface area (TPSA) is 57.8 Å². The second-order valence-corrected chi connectivity index (χ2v) is 4.69. The van der Waals surface area contributed by atoms with Crippen LogP contribution in [0.4, 0.5) is 0 Å². The van der Waals surface area contributed by atoms with E-state index in [0.717, 1.165) is 22.2 Å². The Morgan fingerprint density at radius 2 is 1.86 bits per heavy atom. The van der Waals surface area contributed by atoms with Crippen molar-refractivity contribution in [1.29, 1.82) is 0 Å².